The van der Waals surface area contributed by atoms with E-state index in [9.17, 15) is 13.2 Å². The number of aromatic hydroxyl groups is 1. The van der Waals surface area contributed by atoms with Crippen molar-refractivity contribution < 1.29 is 18.3 Å². The number of rotatable bonds is 0. The molecule has 1 aromatic carbocycles. The van der Waals surface area contributed by atoms with Gasteiger partial charge in [-0.15, -0.1) is 0 Å². The van der Waals surface area contributed by atoms with Crippen LogP contribution in [0.15, 0.2) is 12.1 Å². The van der Waals surface area contributed by atoms with Crippen LogP contribution in [0.5, 0.6) is 5.75 Å². The summed E-state index contributed by atoms with van der Waals surface area (Å²) in [6.07, 6.45) is -4.42. The zero-order valence-electron chi connectivity index (χ0n) is 6.81. The van der Waals surface area contributed by atoms with E-state index in [4.69, 9.17) is 10.8 Å². The Balaban J connectivity index is 3.29. The van der Waals surface area contributed by atoms with Gasteiger partial charge in [0.1, 0.15) is 5.75 Å². The zero-order chi connectivity index (χ0) is 10.2. The van der Waals surface area contributed by atoms with Crippen LogP contribution in [0.25, 0.3) is 0 Å². The lowest BCUT2D eigenvalue weighted by Gasteiger charge is -2.10. The molecule has 2 nitrogen and oxygen atoms in total. The monoisotopic (exact) mass is 191 g/mol. The van der Waals surface area contributed by atoms with Crippen molar-refractivity contribution >= 4 is 5.69 Å². The minimum Gasteiger partial charge on any atom is -0.506 e. The van der Waals surface area contributed by atoms with E-state index < -0.39 is 11.7 Å². The molecule has 0 fully saturated rings. The van der Waals surface area contributed by atoms with Gasteiger partial charge in [0.05, 0.1) is 11.3 Å². The highest BCUT2D eigenvalue weighted by molar-refractivity contribution is 5.58. The summed E-state index contributed by atoms with van der Waals surface area (Å²) in [5.74, 6) is -0.298. The fourth-order valence-electron chi connectivity index (χ4n) is 0.971. The number of anilines is 1. The molecule has 0 saturated heterocycles. The van der Waals surface area contributed by atoms with Crippen molar-refractivity contribution in [2.24, 2.45) is 0 Å². The van der Waals surface area contributed by atoms with Crippen molar-refractivity contribution in [2.75, 3.05) is 5.73 Å². The quantitative estimate of drug-likeness (QED) is 0.488. The van der Waals surface area contributed by atoms with Crippen LogP contribution in [-0.2, 0) is 6.18 Å². The molecule has 0 aliphatic heterocycles. The van der Waals surface area contributed by atoms with Crippen molar-refractivity contribution in [3.05, 3.63) is 23.3 Å². The van der Waals surface area contributed by atoms with E-state index in [0.29, 0.717) is 6.07 Å². The average molecular weight is 191 g/mol. The summed E-state index contributed by atoms with van der Waals surface area (Å²) in [5.41, 5.74) is 4.18. The molecule has 0 radical (unpaired) electrons. The standard InChI is InChI=1S/C8H8F3NO/c1-4-2-5(8(9,10)11)3-6(12)7(4)13/h2-3,13H,12H2,1H3. The SMILES string of the molecule is Cc1cc(C(F)(F)F)cc(N)c1O. The number of nitrogens with two attached hydrogens (primary N) is 1. The Hall–Kier alpha value is -1.39. The second-order valence-electron chi connectivity index (χ2n) is 2.73. The number of hydrogen-bond acceptors (Lipinski definition) is 2. The minimum atomic E-state index is -4.42. The third-order valence-electron chi connectivity index (χ3n) is 1.66. The van der Waals surface area contributed by atoms with Crippen molar-refractivity contribution in [2.45, 2.75) is 13.1 Å². The molecule has 5 heteroatoms. The number of alkyl halides is 3. The summed E-state index contributed by atoms with van der Waals surface area (Å²) in [4.78, 5) is 0. The Kier molecular flexibility index (Phi) is 2.11. The largest absolute Gasteiger partial charge is 0.506 e. The smallest absolute Gasteiger partial charge is 0.416 e. The van der Waals surface area contributed by atoms with Gasteiger partial charge in [-0.3, -0.25) is 0 Å². The lowest BCUT2D eigenvalue weighted by molar-refractivity contribution is -0.137. The summed E-state index contributed by atoms with van der Waals surface area (Å²) in [6.45, 7) is 1.36. The van der Waals surface area contributed by atoms with Gasteiger partial charge < -0.3 is 10.8 Å². The second-order valence-corrected chi connectivity index (χ2v) is 2.73. The number of nitrogen functional groups attached to an aromatic ring is 1. The van der Waals surface area contributed by atoms with Gasteiger partial charge in [-0.2, -0.15) is 13.2 Å². The minimum absolute atomic E-state index is 0.118. The van der Waals surface area contributed by atoms with Crippen LogP contribution in [0.4, 0.5) is 18.9 Å². The van der Waals surface area contributed by atoms with E-state index in [2.05, 4.69) is 0 Å². The van der Waals surface area contributed by atoms with Crippen molar-refractivity contribution in [3.8, 4) is 5.75 Å². The maximum absolute atomic E-state index is 12.1. The van der Waals surface area contributed by atoms with Crippen LogP contribution in [0.3, 0.4) is 0 Å². The topological polar surface area (TPSA) is 46.2 Å². The molecule has 3 N–H and O–H groups in total. The molecule has 0 atom stereocenters. The third-order valence-corrected chi connectivity index (χ3v) is 1.66. The molecule has 0 saturated carbocycles. The number of phenols is 1. The zero-order valence-corrected chi connectivity index (χ0v) is 6.81. The molecule has 13 heavy (non-hydrogen) atoms. The van der Waals surface area contributed by atoms with Gasteiger partial charge in [-0.1, -0.05) is 0 Å². The molecule has 1 aromatic rings. The highest BCUT2D eigenvalue weighted by Gasteiger charge is 2.31. The molecule has 0 spiro atoms. The Morgan fingerprint density at radius 3 is 2.23 bits per heavy atom. The molecule has 72 valence electrons. The molecule has 0 amide bonds. The van der Waals surface area contributed by atoms with Gasteiger partial charge in [-0.25, -0.2) is 0 Å². The fraction of sp³-hybridized carbons (Fsp3) is 0.250. The van der Waals surface area contributed by atoms with Gasteiger partial charge in [0, 0.05) is 0 Å². The lowest BCUT2D eigenvalue weighted by Crippen LogP contribution is -2.06. The first-order chi connectivity index (χ1) is 5.82. The summed E-state index contributed by atoms with van der Waals surface area (Å²) >= 11 is 0. The number of aryl methyl sites for hydroxylation is 1. The van der Waals surface area contributed by atoms with Gasteiger partial charge >= 0.3 is 6.18 Å². The van der Waals surface area contributed by atoms with Crippen molar-refractivity contribution in [3.63, 3.8) is 0 Å². The van der Waals surface area contributed by atoms with Crippen molar-refractivity contribution in [1.82, 2.24) is 0 Å². The Morgan fingerprint density at radius 1 is 1.31 bits per heavy atom. The van der Waals surface area contributed by atoms with Crippen molar-refractivity contribution in [1.29, 1.82) is 0 Å². The molecule has 0 aliphatic rings. The van der Waals surface area contributed by atoms with E-state index in [1.807, 2.05) is 0 Å². The van der Waals surface area contributed by atoms with Crippen LogP contribution in [0.1, 0.15) is 11.1 Å². The lowest BCUT2D eigenvalue weighted by atomic mass is 10.1. The first-order valence-corrected chi connectivity index (χ1v) is 3.48. The molecule has 1 rings (SSSR count). The molecule has 0 unspecified atom stereocenters. The first-order valence-electron chi connectivity index (χ1n) is 3.48. The third kappa shape index (κ3) is 1.85. The Bertz CT molecular complexity index is 310. The van der Waals surface area contributed by atoms with Gasteiger partial charge in [0.15, 0.2) is 0 Å². The summed E-state index contributed by atoms with van der Waals surface area (Å²) in [5, 5.41) is 9.10. The number of hydrogen-bond donors (Lipinski definition) is 2. The summed E-state index contributed by atoms with van der Waals surface area (Å²) < 4.78 is 36.4. The van der Waals surface area contributed by atoms with Crippen LogP contribution in [-0.4, -0.2) is 5.11 Å². The van der Waals surface area contributed by atoms with Gasteiger partial charge in [-0.05, 0) is 24.6 Å². The number of benzene rings is 1. The normalized spacial score (nSPS) is 11.7. The van der Waals surface area contributed by atoms with Crippen LogP contribution in [0, 0.1) is 6.92 Å². The van der Waals surface area contributed by atoms with Crippen LogP contribution >= 0.6 is 0 Å². The second kappa shape index (κ2) is 2.83. The maximum atomic E-state index is 12.1. The fourth-order valence-corrected chi connectivity index (χ4v) is 0.971. The Morgan fingerprint density at radius 2 is 1.85 bits per heavy atom. The first kappa shape index (κ1) is 9.70. The van der Waals surface area contributed by atoms with E-state index in [-0.39, 0.29) is 17.0 Å². The highest BCUT2D eigenvalue weighted by atomic mass is 19.4. The summed E-state index contributed by atoms with van der Waals surface area (Å²) in [6, 6.07) is 1.56. The molecule has 0 heterocycles. The van der Waals surface area contributed by atoms with Crippen LogP contribution in [0.2, 0.25) is 0 Å². The molecular weight excluding hydrogens is 183 g/mol. The van der Waals surface area contributed by atoms with E-state index >= 15 is 0 Å². The van der Waals surface area contributed by atoms with E-state index in [0.717, 1.165) is 6.07 Å². The molecule has 0 bridgehead atoms. The van der Waals surface area contributed by atoms with E-state index in [1.165, 1.54) is 6.92 Å². The molecular formula is C8H8F3NO. The van der Waals surface area contributed by atoms with Crippen LogP contribution < -0.4 is 5.73 Å². The van der Waals surface area contributed by atoms with E-state index in [1.54, 1.807) is 0 Å². The van der Waals surface area contributed by atoms with Gasteiger partial charge in [0.25, 0.3) is 0 Å². The average Bonchev–Trinajstić information content (AvgIpc) is 1.97. The highest BCUT2D eigenvalue weighted by Crippen LogP contribution is 2.35. The molecule has 0 aromatic heterocycles. The number of halogens is 3. The molecule has 0 aliphatic carbocycles. The predicted octanol–water partition coefficient (Wildman–Crippen LogP) is 2.30. The summed E-state index contributed by atoms with van der Waals surface area (Å²) in [7, 11) is 0. The number of phenolic OH excluding ortho intramolecular Hbond substituents is 1. The predicted molar refractivity (Wildman–Crippen MR) is 42.3 cm³/mol. The Labute approximate surface area is 72.8 Å². The van der Waals surface area contributed by atoms with Gasteiger partial charge in [0.2, 0.25) is 0 Å². The maximum Gasteiger partial charge on any atom is 0.416 e.